The Morgan fingerprint density at radius 1 is 1.06 bits per heavy atom. The number of ketones is 1. The Morgan fingerprint density at radius 3 is 2.32 bits per heavy atom. The van der Waals surface area contributed by atoms with Crippen LogP contribution < -0.4 is 0 Å². The van der Waals surface area contributed by atoms with Gasteiger partial charge in [-0.2, -0.15) is 0 Å². The molecule has 0 spiro atoms. The number of hydrogen-bond acceptors (Lipinski definition) is 7. The minimum Gasteiger partial charge on any atom is -0.390 e. The summed E-state index contributed by atoms with van der Waals surface area (Å²) in [4.78, 5) is 13.2. The van der Waals surface area contributed by atoms with Gasteiger partial charge in [0.25, 0.3) is 0 Å². The van der Waals surface area contributed by atoms with E-state index in [4.69, 9.17) is 0 Å². The third-order valence-electron chi connectivity index (χ3n) is 10.5. The first-order valence-corrected chi connectivity index (χ1v) is 12.9. The highest BCUT2D eigenvalue weighted by Crippen LogP contribution is 2.68. The van der Waals surface area contributed by atoms with Gasteiger partial charge in [-0.3, -0.25) is 4.79 Å². The molecule has 7 nitrogen and oxygen atoms in total. The standard InChI is InChI=1S/C27H44O7/c1-23(2,32)9-8-22(31)26(5,33)21-7-11-27(34)16-12-18(28)17-13-19(29)20(30)14-24(17,3)15(16)6-10-25(21,27)4/h12,15,17,19-22,29-34H,6-11,13-14H2,1-5H3/t15?,17?,19?,20?,21?,22-,24?,25?,26-,27-/m1/s1. The molecule has 34 heavy (non-hydrogen) atoms. The fourth-order valence-electron chi connectivity index (χ4n) is 8.32. The normalized spacial score (nSPS) is 47.2. The number of hydrogen-bond donors (Lipinski definition) is 6. The summed E-state index contributed by atoms with van der Waals surface area (Å²) >= 11 is 0. The zero-order valence-electron chi connectivity index (χ0n) is 21.3. The Balaban J connectivity index is 1.66. The Bertz CT molecular complexity index is 860. The second-order valence-electron chi connectivity index (χ2n) is 13.2. The maximum Gasteiger partial charge on any atom is 0.159 e. The van der Waals surface area contributed by atoms with Gasteiger partial charge in [-0.05, 0) is 101 Å². The van der Waals surface area contributed by atoms with E-state index in [0.29, 0.717) is 44.1 Å². The van der Waals surface area contributed by atoms with Crippen molar-refractivity contribution in [2.45, 2.75) is 121 Å². The van der Waals surface area contributed by atoms with Gasteiger partial charge in [-0.1, -0.05) is 13.8 Å². The predicted octanol–water partition coefficient (Wildman–Crippen LogP) is 1.85. The molecule has 4 rings (SSSR count). The van der Waals surface area contributed by atoms with Crippen molar-refractivity contribution in [1.82, 2.24) is 0 Å². The summed E-state index contributed by atoms with van der Waals surface area (Å²) in [6.45, 7) is 8.96. The summed E-state index contributed by atoms with van der Waals surface area (Å²) in [5.74, 6) is -0.948. The molecule has 4 aliphatic rings. The molecule has 0 aromatic carbocycles. The largest absolute Gasteiger partial charge is 0.390 e. The lowest BCUT2D eigenvalue weighted by Gasteiger charge is -2.60. The first-order valence-electron chi connectivity index (χ1n) is 12.9. The van der Waals surface area contributed by atoms with Crippen molar-refractivity contribution >= 4 is 5.78 Å². The first kappa shape index (κ1) is 26.2. The summed E-state index contributed by atoms with van der Waals surface area (Å²) in [6.07, 6.45) is 2.11. The molecule has 6 N–H and O–H groups in total. The van der Waals surface area contributed by atoms with Crippen molar-refractivity contribution < 1.29 is 35.4 Å². The van der Waals surface area contributed by atoms with E-state index in [2.05, 4.69) is 0 Å². The van der Waals surface area contributed by atoms with Gasteiger partial charge in [0.05, 0.1) is 35.1 Å². The second-order valence-corrected chi connectivity index (χ2v) is 13.2. The predicted molar refractivity (Wildman–Crippen MR) is 127 cm³/mol. The highest BCUT2D eigenvalue weighted by Gasteiger charge is 2.69. The molecule has 0 saturated heterocycles. The van der Waals surface area contributed by atoms with Gasteiger partial charge in [0.1, 0.15) is 0 Å². The second kappa shape index (κ2) is 8.09. The number of rotatable bonds is 5. The van der Waals surface area contributed by atoms with Crippen molar-refractivity contribution in [3.8, 4) is 0 Å². The average molecular weight is 481 g/mol. The average Bonchev–Trinajstić information content (AvgIpc) is 3.00. The van der Waals surface area contributed by atoms with E-state index in [9.17, 15) is 35.4 Å². The highest BCUT2D eigenvalue weighted by atomic mass is 16.3. The minimum absolute atomic E-state index is 0.0840. The molecule has 3 saturated carbocycles. The van der Waals surface area contributed by atoms with Gasteiger partial charge in [0.15, 0.2) is 5.78 Å². The molecule has 0 radical (unpaired) electrons. The quantitative estimate of drug-likeness (QED) is 0.353. The number of carbonyl (C=O) groups excluding carboxylic acids is 1. The zero-order chi connectivity index (χ0) is 25.5. The third kappa shape index (κ3) is 3.73. The molecule has 194 valence electrons. The Labute approximate surface area is 202 Å². The number of aliphatic hydroxyl groups is 6. The summed E-state index contributed by atoms with van der Waals surface area (Å²) in [5, 5.41) is 65.5. The van der Waals surface area contributed by atoms with E-state index in [0.717, 1.165) is 0 Å². The van der Waals surface area contributed by atoms with Crippen LogP contribution in [0, 0.1) is 28.6 Å². The van der Waals surface area contributed by atoms with Crippen LogP contribution in [-0.2, 0) is 4.79 Å². The Morgan fingerprint density at radius 2 is 1.71 bits per heavy atom. The van der Waals surface area contributed by atoms with Gasteiger partial charge in [-0.25, -0.2) is 0 Å². The van der Waals surface area contributed by atoms with Crippen molar-refractivity contribution in [2.75, 3.05) is 0 Å². The zero-order valence-corrected chi connectivity index (χ0v) is 21.3. The van der Waals surface area contributed by atoms with E-state index in [1.807, 2.05) is 13.8 Å². The highest BCUT2D eigenvalue weighted by molar-refractivity contribution is 5.95. The molecular weight excluding hydrogens is 436 g/mol. The fraction of sp³-hybridized carbons (Fsp3) is 0.889. The third-order valence-corrected chi connectivity index (χ3v) is 10.5. The summed E-state index contributed by atoms with van der Waals surface area (Å²) in [5.41, 5.74) is -4.27. The van der Waals surface area contributed by atoms with Crippen LogP contribution >= 0.6 is 0 Å². The maximum absolute atomic E-state index is 13.2. The molecule has 3 fully saturated rings. The van der Waals surface area contributed by atoms with Gasteiger partial charge in [0.2, 0.25) is 0 Å². The Hall–Kier alpha value is -0.830. The molecule has 4 aliphatic carbocycles. The molecule has 0 heterocycles. The van der Waals surface area contributed by atoms with Gasteiger partial charge < -0.3 is 30.6 Å². The van der Waals surface area contributed by atoms with Crippen molar-refractivity contribution in [3.05, 3.63) is 11.6 Å². The van der Waals surface area contributed by atoms with Crippen LogP contribution in [-0.4, -0.2) is 71.5 Å². The lowest BCUT2D eigenvalue weighted by molar-refractivity contribution is -0.177. The van der Waals surface area contributed by atoms with E-state index < -0.39 is 45.9 Å². The topological polar surface area (TPSA) is 138 Å². The fourth-order valence-corrected chi connectivity index (χ4v) is 8.32. The van der Waals surface area contributed by atoms with Crippen LogP contribution in [0.2, 0.25) is 0 Å². The van der Waals surface area contributed by atoms with Gasteiger partial charge >= 0.3 is 0 Å². The minimum atomic E-state index is -1.46. The SMILES string of the molecule is CC(C)(O)CC[C@@H](O)[C@](C)(O)C1CC[C@@]2(O)C3=CC(=O)C4CC(O)C(O)CC4(C)C3CCC12C. The van der Waals surface area contributed by atoms with Crippen molar-refractivity contribution in [2.24, 2.45) is 28.6 Å². The van der Waals surface area contributed by atoms with Crippen LogP contribution in [0.4, 0.5) is 0 Å². The number of allylic oxidation sites excluding steroid dienone is 1. The van der Waals surface area contributed by atoms with E-state index in [1.54, 1.807) is 26.8 Å². The van der Waals surface area contributed by atoms with E-state index in [1.165, 1.54) is 0 Å². The molecular formula is C27H44O7. The van der Waals surface area contributed by atoms with Crippen LogP contribution in [0.5, 0.6) is 0 Å². The summed E-state index contributed by atoms with van der Waals surface area (Å²) in [6, 6.07) is 0. The molecule has 0 aromatic heterocycles. The summed E-state index contributed by atoms with van der Waals surface area (Å²) < 4.78 is 0. The molecule has 0 aliphatic heterocycles. The molecule has 7 unspecified atom stereocenters. The number of aliphatic hydroxyl groups excluding tert-OH is 3. The van der Waals surface area contributed by atoms with Crippen LogP contribution in [0.25, 0.3) is 0 Å². The lowest BCUT2D eigenvalue weighted by Crippen LogP contribution is -2.62. The van der Waals surface area contributed by atoms with E-state index in [-0.39, 0.29) is 36.4 Å². The van der Waals surface area contributed by atoms with Gasteiger partial charge in [-0.15, -0.1) is 0 Å². The first-order chi connectivity index (χ1) is 15.5. The monoisotopic (exact) mass is 480 g/mol. The van der Waals surface area contributed by atoms with Crippen LogP contribution in [0.1, 0.15) is 86.0 Å². The van der Waals surface area contributed by atoms with E-state index >= 15 is 0 Å². The lowest BCUT2D eigenvalue weighted by atomic mass is 9.45. The molecule has 0 bridgehead atoms. The van der Waals surface area contributed by atoms with Crippen molar-refractivity contribution in [1.29, 1.82) is 0 Å². The Kier molecular flexibility index (Phi) is 6.24. The molecule has 10 atom stereocenters. The smallest absolute Gasteiger partial charge is 0.159 e. The van der Waals surface area contributed by atoms with Crippen molar-refractivity contribution in [3.63, 3.8) is 0 Å². The number of carbonyl (C=O) groups is 1. The molecule has 0 amide bonds. The molecule has 0 aromatic rings. The van der Waals surface area contributed by atoms with Gasteiger partial charge in [0, 0.05) is 11.3 Å². The summed E-state index contributed by atoms with van der Waals surface area (Å²) in [7, 11) is 0. The van der Waals surface area contributed by atoms with Crippen LogP contribution in [0.15, 0.2) is 11.6 Å². The van der Waals surface area contributed by atoms with Crippen LogP contribution in [0.3, 0.4) is 0 Å². The number of fused-ring (bicyclic) bond motifs is 5. The molecule has 7 heteroatoms. The maximum atomic E-state index is 13.2.